The van der Waals surface area contributed by atoms with E-state index in [1.165, 1.54) is 0 Å². The zero-order valence-electron chi connectivity index (χ0n) is 11.0. The summed E-state index contributed by atoms with van der Waals surface area (Å²) in [5.41, 5.74) is 1.16. The number of methoxy groups -OCH3 is 1. The van der Waals surface area contributed by atoms with E-state index in [4.69, 9.17) is 14.3 Å². The number of ether oxygens (including phenoxy) is 1. The van der Waals surface area contributed by atoms with Crippen molar-refractivity contribution in [3.8, 4) is 5.75 Å². The Balaban J connectivity index is 1.94. The van der Waals surface area contributed by atoms with E-state index in [9.17, 15) is 0 Å². The van der Waals surface area contributed by atoms with E-state index in [1.54, 1.807) is 13.4 Å². The molecule has 0 spiro atoms. The Morgan fingerprint density at radius 3 is 2.63 bits per heavy atom. The predicted molar refractivity (Wildman–Crippen MR) is 73.0 cm³/mol. The second kappa shape index (κ2) is 6.97. The highest BCUT2D eigenvalue weighted by Gasteiger charge is 2.12. The molecular weight excluding hydrogens is 242 g/mol. The van der Waals surface area contributed by atoms with Crippen molar-refractivity contribution in [2.75, 3.05) is 13.7 Å². The molecule has 4 nitrogen and oxygen atoms in total. The number of nitrogens with one attached hydrogen (secondary N) is 1. The number of furan rings is 1. The maximum Gasteiger partial charge on any atom is 0.120 e. The van der Waals surface area contributed by atoms with Crippen molar-refractivity contribution in [3.05, 3.63) is 54.0 Å². The second-order valence-electron chi connectivity index (χ2n) is 4.31. The molecule has 0 bridgehead atoms. The molecule has 1 unspecified atom stereocenters. The van der Waals surface area contributed by atoms with Gasteiger partial charge in [0.2, 0.25) is 0 Å². The van der Waals surface area contributed by atoms with Crippen molar-refractivity contribution in [1.82, 2.24) is 5.32 Å². The fraction of sp³-hybridized carbons (Fsp3) is 0.333. The maximum absolute atomic E-state index is 9.10. The topological polar surface area (TPSA) is 54.6 Å². The van der Waals surface area contributed by atoms with E-state index in [1.807, 2.05) is 36.4 Å². The molecule has 1 atom stereocenters. The largest absolute Gasteiger partial charge is 0.497 e. The fourth-order valence-electron chi connectivity index (χ4n) is 1.95. The standard InChI is InChI=1S/C15H19NO3/c1-18-13-6-4-12(5-7-13)11-16-14(8-9-17)15-3-2-10-19-15/h2-7,10,14,16-17H,8-9,11H2,1H3. The quantitative estimate of drug-likeness (QED) is 0.804. The van der Waals surface area contributed by atoms with Gasteiger partial charge in [0.1, 0.15) is 11.5 Å². The molecule has 2 N–H and O–H groups in total. The van der Waals surface area contributed by atoms with Crippen LogP contribution >= 0.6 is 0 Å². The highest BCUT2D eigenvalue weighted by molar-refractivity contribution is 5.27. The molecule has 1 heterocycles. The first-order valence-corrected chi connectivity index (χ1v) is 6.34. The van der Waals surface area contributed by atoms with Gasteiger partial charge in [0.05, 0.1) is 19.4 Å². The number of aliphatic hydroxyl groups excluding tert-OH is 1. The van der Waals surface area contributed by atoms with Crippen LogP contribution in [0.3, 0.4) is 0 Å². The van der Waals surface area contributed by atoms with E-state index in [0.717, 1.165) is 23.6 Å². The Hall–Kier alpha value is -1.78. The van der Waals surface area contributed by atoms with Crippen LogP contribution in [0.4, 0.5) is 0 Å². The number of hydrogen-bond acceptors (Lipinski definition) is 4. The van der Waals surface area contributed by atoms with Gasteiger partial charge in [-0.15, -0.1) is 0 Å². The molecule has 19 heavy (non-hydrogen) atoms. The van der Waals surface area contributed by atoms with Gasteiger partial charge < -0.3 is 19.6 Å². The van der Waals surface area contributed by atoms with Gasteiger partial charge in [-0.1, -0.05) is 12.1 Å². The summed E-state index contributed by atoms with van der Waals surface area (Å²) in [6.45, 7) is 0.844. The molecule has 0 aliphatic heterocycles. The van der Waals surface area contributed by atoms with Crippen LogP contribution in [0.1, 0.15) is 23.8 Å². The molecule has 102 valence electrons. The van der Waals surface area contributed by atoms with Gasteiger partial charge in [0.25, 0.3) is 0 Å². The smallest absolute Gasteiger partial charge is 0.120 e. The molecule has 2 aromatic rings. The van der Waals surface area contributed by atoms with E-state index < -0.39 is 0 Å². The lowest BCUT2D eigenvalue weighted by Gasteiger charge is -2.15. The molecule has 0 saturated heterocycles. The number of rotatable bonds is 7. The first kappa shape index (κ1) is 13.6. The summed E-state index contributed by atoms with van der Waals surface area (Å²) in [6.07, 6.45) is 2.28. The van der Waals surface area contributed by atoms with Gasteiger partial charge in [-0.3, -0.25) is 0 Å². The van der Waals surface area contributed by atoms with E-state index >= 15 is 0 Å². The Morgan fingerprint density at radius 1 is 1.26 bits per heavy atom. The Morgan fingerprint density at radius 2 is 2.05 bits per heavy atom. The summed E-state index contributed by atoms with van der Waals surface area (Å²) in [6, 6.07) is 11.7. The third-order valence-electron chi connectivity index (χ3n) is 3.02. The summed E-state index contributed by atoms with van der Waals surface area (Å²) < 4.78 is 10.5. The molecule has 0 aliphatic carbocycles. The van der Waals surface area contributed by atoms with Crippen LogP contribution in [0.15, 0.2) is 47.1 Å². The van der Waals surface area contributed by atoms with Crippen molar-refractivity contribution < 1.29 is 14.3 Å². The molecule has 0 fully saturated rings. The van der Waals surface area contributed by atoms with E-state index in [0.29, 0.717) is 6.42 Å². The minimum Gasteiger partial charge on any atom is -0.497 e. The summed E-state index contributed by atoms with van der Waals surface area (Å²) >= 11 is 0. The molecule has 0 aliphatic rings. The Bertz CT molecular complexity index is 465. The third-order valence-corrected chi connectivity index (χ3v) is 3.02. The number of aliphatic hydroxyl groups is 1. The van der Waals surface area contributed by atoms with Crippen molar-refractivity contribution in [2.24, 2.45) is 0 Å². The lowest BCUT2D eigenvalue weighted by atomic mass is 10.1. The highest BCUT2D eigenvalue weighted by atomic mass is 16.5. The molecular formula is C15H19NO3. The molecule has 1 aromatic carbocycles. The van der Waals surface area contributed by atoms with Crippen LogP contribution in [0.5, 0.6) is 5.75 Å². The van der Waals surface area contributed by atoms with Crippen molar-refractivity contribution in [2.45, 2.75) is 19.0 Å². The van der Waals surface area contributed by atoms with Crippen molar-refractivity contribution in [3.63, 3.8) is 0 Å². The Kier molecular flexibility index (Phi) is 5.01. The van der Waals surface area contributed by atoms with Gasteiger partial charge in [-0.05, 0) is 36.2 Å². The van der Waals surface area contributed by atoms with Crippen molar-refractivity contribution in [1.29, 1.82) is 0 Å². The van der Waals surface area contributed by atoms with Gasteiger partial charge in [-0.25, -0.2) is 0 Å². The van der Waals surface area contributed by atoms with Crippen LogP contribution in [-0.2, 0) is 6.54 Å². The molecule has 1 aromatic heterocycles. The van der Waals surface area contributed by atoms with Gasteiger partial charge >= 0.3 is 0 Å². The lowest BCUT2D eigenvalue weighted by molar-refractivity contribution is 0.254. The average Bonchev–Trinajstić information content (AvgIpc) is 2.98. The van der Waals surface area contributed by atoms with Gasteiger partial charge in [0.15, 0.2) is 0 Å². The normalized spacial score (nSPS) is 12.3. The summed E-state index contributed by atoms with van der Waals surface area (Å²) in [7, 11) is 1.65. The SMILES string of the molecule is COc1ccc(CNC(CCO)c2ccco2)cc1. The van der Waals surface area contributed by atoms with Crippen LogP contribution in [-0.4, -0.2) is 18.8 Å². The van der Waals surface area contributed by atoms with Gasteiger partial charge in [0, 0.05) is 13.2 Å². The third kappa shape index (κ3) is 3.84. The second-order valence-corrected chi connectivity index (χ2v) is 4.31. The zero-order valence-corrected chi connectivity index (χ0v) is 11.0. The molecule has 2 rings (SSSR count). The first-order chi connectivity index (χ1) is 9.33. The van der Waals surface area contributed by atoms with Crippen LogP contribution in [0.2, 0.25) is 0 Å². The molecule has 0 radical (unpaired) electrons. The Labute approximate surface area is 113 Å². The molecule has 0 amide bonds. The van der Waals surface area contributed by atoms with E-state index in [-0.39, 0.29) is 12.6 Å². The monoisotopic (exact) mass is 261 g/mol. The number of benzene rings is 1. The summed E-state index contributed by atoms with van der Waals surface area (Å²) in [5, 5.41) is 12.5. The minimum absolute atomic E-state index is 0.0297. The fourth-order valence-corrected chi connectivity index (χ4v) is 1.95. The average molecular weight is 261 g/mol. The first-order valence-electron chi connectivity index (χ1n) is 6.34. The lowest BCUT2D eigenvalue weighted by Crippen LogP contribution is -2.21. The summed E-state index contributed by atoms with van der Waals surface area (Å²) in [5.74, 6) is 1.70. The molecule has 4 heteroatoms. The number of hydrogen-bond donors (Lipinski definition) is 2. The van der Waals surface area contributed by atoms with E-state index in [2.05, 4.69) is 5.32 Å². The summed E-state index contributed by atoms with van der Waals surface area (Å²) in [4.78, 5) is 0. The van der Waals surface area contributed by atoms with Crippen LogP contribution < -0.4 is 10.1 Å². The minimum atomic E-state index is 0.0297. The highest BCUT2D eigenvalue weighted by Crippen LogP contribution is 2.18. The maximum atomic E-state index is 9.10. The van der Waals surface area contributed by atoms with Gasteiger partial charge in [-0.2, -0.15) is 0 Å². The predicted octanol–water partition coefficient (Wildman–Crippen LogP) is 2.50. The molecule has 0 saturated carbocycles. The van der Waals surface area contributed by atoms with Crippen LogP contribution in [0, 0.1) is 0 Å². The van der Waals surface area contributed by atoms with Crippen molar-refractivity contribution >= 4 is 0 Å². The van der Waals surface area contributed by atoms with Crippen LogP contribution in [0.25, 0.3) is 0 Å². The zero-order chi connectivity index (χ0) is 13.5.